The van der Waals surface area contributed by atoms with Crippen molar-refractivity contribution in [2.75, 3.05) is 6.54 Å². The summed E-state index contributed by atoms with van der Waals surface area (Å²) in [6.07, 6.45) is -4.51. The van der Waals surface area contributed by atoms with E-state index in [1.54, 1.807) is 6.07 Å². The fraction of sp³-hybridized carbons (Fsp3) is 0.227. The molecule has 3 aromatic rings. The number of hydrogen-bond acceptors (Lipinski definition) is 5. The van der Waals surface area contributed by atoms with Gasteiger partial charge in [0.25, 0.3) is 5.91 Å². The topological polar surface area (TPSA) is 85.6 Å². The van der Waals surface area contributed by atoms with Gasteiger partial charge in [-0.3, -0.25) is 9.59 Å². The van der Waals surface area contributed by atoms with Gasteiger partial charge in [-0.05, 0) is 61.4 Å². The maximum Gasteiger partial charge on any atom is 0.416 e. The minimum absolute atomic E-state index is 0.0293. The summed E-state index contributed by atoms with van der Waals surface area (Å²) >= 11 is 0. The molecule has 162 valence electrons. The highest BCUT2D eigenvalue weighted by molar-refractivity contribution is 5.96. The van der Waals surface area contributed by atoms with E-state index < -0.39 is 35.8 Å². The molecule has 6 nitrogen and oxygen atoms in total. The van der Waals surface area contributed by atoms with E-state index in [0.29, 0.717) is 16.5 Å². The van der Waals surface area contributed by atoms with Crippen LogP contribution in [0.5, 0.6) is 0 Å². The standard InChI is InChI=1S/C22H18F3NO5/c1-12-7-17-15(9-19(27)31-18(17)8-13(12)2)11-30-20(28)10-26-21(29)14-3-5-16(6-4-14)22(23,24)25/h3-9H,10-11H2,1-2H3,(H,26,29). The zero-order valence-electron chi connectivity index (χ0n) is 16.6. The van der Waals surface area contributed by atoms with Crippen molar-refractivity contribution in [2.45, 2.75) is 26.6 Å². The molecule has 2 aromatic carbocycles. The van der Waals surface area contributed by atoms with Gasteiger partial charge in [0, 0.05) is 22.6 Å². The number of esters is 1. The molecule has 0 aliphatic carbocycles. The number of fused-ring (bicyclic) bond motifs is 1. The molecule has 0 aliphatic rings. The fourth-order valence-electron chi connectivity index (χ4n) is 2.88. The van der Waals surface area contributed by atoms with Crippen molar-refractivity contribution in [3.05, 3.63) is 80.7 Å². The Bertz CT molecular complexity index is 1200. The van der Waals surface area contributed by atoms with E-state index in [9.17, 15) is 27.6 Å². The van der Waals surface area contributed by atoms with E-state index in [1.165, 1.54) is 6.07 Å². The first-order chi connectivity index (χ1) is 14.5. The number of nitrogens with one attached hydrogen (secondary N) is 1. The zero-order chi connectivity index (χ0) is 22.8. The molecule has 1 N–H and O–H groups in total. The zero-order valence-corrected chi connectivity index (χ0v) is 16.6. The van der Waals surface area contributed by atoms with Gasteiger partial charge in [0.1, 0.15) is 18.7 Å². The van der Waals surface area contributed by atoms with E-state index in [1.807, 2.05) is 19.9 Å². The first-order valence-corrected chi connectivity index (χ1v) is 9.19. The molecule has 0 spiro atoms. The summed E-state index contributed by atoms with van der Waals surface area (Å²) < 4.78 is 48.0. The highest BCUT2D eigenvalue weighted by Crippen LogP contribution is 2.29. The summed E-state index contributed by atoms with van der Waals surface area (Å²) in [5, 5.41) is 2.91. The van der Waals surface area contributed by atoms with Gasteiger partial charge in [-0.1, -0.05) is 0 Å². The lowest BCUT2D eigenvalue weighted by Crippen LogP contribution is -2.30. The molecule has 0 fully saturated rings. The molecular formula is C22H18F3NO5. The maximum atomic E-state index is 12.6. The minimum Gasteiger partial charge on any atom is -0.459 e. The number of hydrogen-bond donors (Lipinski definition) is 1. The molecule has 3 rings (SSSR count). The van der Waals surface area contributed by atoms with Gasteiger partial charge < -0.3 is 14.5 Å². The number of carbonyl (C=O) groups is 2. The van der Waals surface area contributed by atoms with Gasteiger partial charge in [-0.2, -0.15) is 13.2 Å². The van der Waals surface area contributed by atoms with E-state index in [2.05, 4.69) is 5.32 Å². The summed E-state index contributed by atoms with van der Waals surface area (Å²) in [6.45, 7) is 3.07. The highest BCUT2D eigenvalue weighted by atomic mass is 19.4. The summed E-state index contributed by atoms with van der Waals surface area (Å²) in [5.41, 5.74) is 1.24. The lowest BCUT2D eigenvalue weighted by Gasteiger charge is -2.10. The number of benzene rings is 2. The Morgan fingerprint density at radius 2 is 1.68 bits per heavy atom. The first kappa shape index (κ1) is 22.1. The molecule has 31 heavy (non-hydrogen) atoms. The van der Waals surface area contributed by atoms with E-state index in [-0.39, 0.29) is 12.2 Å². The van der Waals surface area contributed by atoms with Gasteiger partial charge in [0.05, 0.1) is 5.56 Å². The third-order valence-electron chi connectivity index (χ3n) is 4.70. The molecule has 0 bridgehead atoms. The lowest BCUT2D eigenvalue weighted by atomic mass is 10.0. The minimum atomic E-state index is -4.51. The highest BCUT2D eigenvalue weighted by Gasteiger charge is 2.30. The molecule has 0 radical (unpaired) electrons. The van der Waals surface area contributed by atoms with Crippen LogP contribution in [0.3, 0.4) is 0 Å². The van der Waals surface area contributed by atoms with Crippen molar-refractivity contribution in [3.8, 4) is 0 Å². The summed E-state index contributed by atoms with van der Waals surface area (Å²) in [4.78, 5) is 35.8. The summed E-state index contributed by atoms with van der Waals surface area (Å²) in [6, 6.07) is 8.37. The Morgan fingerprint density at radius 3 is 2.32 bits per heavy atom. The number of halogens is 3. The van der Waals surface area contributed by atoms with Crippen LogP contribution in [0, 0.1) is 13.8 Å². The SMILES string of the molecule is Cc1cc2oc(=O)cc(COC(=O)CNC(=O)c3ccc(C(F)(F)F)cc3)c2cc1C. The van der Waals surface area contributed by atoms with Crippen LogP contribution in [0.4, 0.5) is 13.2 Å². The van der Waals surface area contributed by atoms with Crippen LogP contribution in [0.1, 0.15) is 32.6 Å². The monoisotopic (exact) mass is 433 g/mol. The van der Waals surface area contributed by atoms with Crippen LogP contribution in [-0.2, 0) is 22.3 Å². The van der Waals surface area contributed by atoms with Crippen molar-refractivity contribution in [3.63, 3.8) is 0 Å². The van der Waals surface area contributed by atoms with Gasteiger partial charge in [-0.15, -0.1) is 0 Å². The first-order valence-electron chi connectivity index (χ1n) is 9.19. The number of alkyl halides is 3. The molecule has 1 amide bonds. The van der Waals surface area contributed by atoms with Crippen LogP contribution >= 0.6 is 0 Å². The summed E-state index contributed by atoms with van der Waals surface area (Å²) in [7, 11) is 0. The number of carbonyl (C=O) groups excluding carboxylic acids is 2. The smallest absolute Gasteiger partial charge is 0.416 e. The van der Waals surface area contributed by atoms with Gasteiger partial charge in [0.15, 0.2) is 0 Å². The molecule has 1 aromatic heterocycles. The number of ether oxygens (including phenoxy) is 1. The normalized spacial score (nSPS) is 11.4. The summed E-state index contributed by atoms with van der Waals surface area (Å²) in [5.74, 6) is -1.49. The van der Waals surface area contributed by atoms with Gasteiger partial charge in [0.2, 0.25) is 0 Å². The third-order valence-corrected chi connectivity index (χ3v) is 4.70. The second-order valence-electron chi connectivity index (χ2n) is 6.94. The second kappa shape index (κ2) is 8.63. The van der Waals surface area contributed by atoms with Gasteiger partial charge >= 0.3 is 17.8 Å². The molecule has 0 saturated heterocycles. The largest absolute Gasteiger partial charge is 0.459 e. The number of rotatable bonds is 5. The van der Waals surface area contributed by atoms with E-state index in [0.717, 1.165) is 35.4 Å². The molecule has 0 aliphatic heterocycles. The average molecular weight is 433 g/mol. The Hall–Kier alpha value is -3.62. The van der Waals surface area contributed by atoms with Crippen LogP contribution in [0.25, 0.3) is 11.0 Å². The Balaban J connectivity index is 1.61. The molecule has 0 saturated carbocycles. The van der Waals surface area contributed by atoms with Crippen molar-refractivity contribution in [1.29, 1.82) is 0 Å². The predicted octanol–water partition coefficient (Wildman–Crippen LogP) is 3.90. The second-order valence-corrected chi connectivity index (χ2v) is 6.94. The van der Waals surface area contributed by atoms with Crippen molar-refractivity contribution in [1.82, 2.24) is 5.32 Å². The van der Waals surface area contributed by atoms with E-state index in [4.69, 9.17) is 9.15 Å². The van der Waals surface area contributed by atoms with E-state index >= 15 is 0 Å². The fourth-order valence-corrected chi connectivity index (χ4v) is 2.88. The van der Waals surface area contributed by atoms with Crippen LogP contribution in [0.2, 0.25) is 0 Å². The maximum absolute atomic E-state index is 12.6. The quantitative estimate of drug-likeness (QED) is 0.487. The Labute approximate surface area is 174 Å². The Kier molecular flexibility index (Phi) is 6.14. The predicted molar refractivity (Wildman–Crippen MR) is 106 cm³/mol. The molecule has 9 heteroatoms. The van der Waals surface area contributed by atoms with Crippen LogP contribution in [0.15, 0.2) is 51.7 Å². The molecule has 0 unspecified atom stereocenters. The van der Waals surface area contributed by atoms with Gasteiger partial charge in [-0.25, -0.2) is 4.79 Å². The van der Waals surface area contributed by atoms with Crippen molar-refractivity contribution < 1.29 is 31.9 Å². The van der Waals surface area contributed by atoms with Crippen molar-refractivity contribution in [2.24, 2.45) is 0 Å². The average Bonchev–Trinajstić information content (AvgIpc) is 2.71. The van der Waals surface area contributed by atoms with Crippen LogP contribution < -0.4 is 10.9 Å². The van der Waals surface area contributed by atoms with Crippen molar-refractivity contribution >= 4 is 22.8 Å². The Morgan fingerprint density at radius 1 is 1.03 bits per heavy atom. The molecule has 1 heterocycles. The third kappa shape index (κ3) is 5.30. The molecule has 0 atom stereocenters. The van der Waals surface area contributed by atoms with Crippen LogP contribution in [-0.4, -0.2) is 18.4 Å². The number of amides is 1. The molecular weight excluding hydrogens is 415 g/mol. The lowest BCUT2D eigenvalue weighted by molar-refractivity contribution is -0.143. The number of aryl methyl sites for hydroxylation is 2.